The quantitative estimate of drug-likeness (QED) is 0.625. The first-order valence-corrected chi connectivity index (χ1v) is 6.12. The Balaban J connectivity index is 2.43. The van der Waals surface area contributed by atoms with Crippen LogP contribution in [-0.4, -0.2) is 25.7 Å². The van der Waals surface area contributed by atoms with Crippen molar-refractivity contribution in [2.45, 2.75) is 25.4 Å². The van der Waals surface area contributed by atoms with Gasteiger partial charge < -0.3 is 15.8 Å². The summed E-state index contributed by atoms with van der Waals surface area (Å²) in [6.07, 6.45) is -4.75. The van der Waals surface area contributed by atoms with E-state index in [0.717, 1.165) is 0 Å². The second-order valence-corrected chi connectivity index (χ2v) is 4.28. The molecule has 1 aromatic carbocycles. The summed E-state index contributed by atoms with van der Waals surface area (Å²) in [5.74, 6) is 0.0647. The summed E-state index contributed by atoms with van der Waals surface area (Å²) < 4.78 is 40.8. The second-order valence-electron chi connectivity index (χ2n) is 4.28. The van der Waals surface area contributed by atoms with Crippen LogP contribution in [0, 0.1) is 0 Å². The summed E-state index contributed by atoms with van der Waals surface area (Å²) in [4.78, 5) is 11.8. The Bertz CT molecular complexity index is 461. The number of alkyl halides is 3. The Morgan fingerprint density at radius 1 is 1.35 bits per heavy atom. The summed E-state index contributed by atoms with van der Waals surface area (Å²) in [5, 5.41) is 2.54. The number of carbonyl (C=O) groups excluding carboxylic acids is 1. The van der Waals surface area contributed by atoms with Gasteiger partial charge in [0, 0.05) is 18.7 Å². The Morgan fingerprint density at radius 2 is 2.05 bits per heavy atom. The topological polar surface area (TPSA) is 64.3 Å². The number of ether oxygens (including phenoxy) is 1. The van der Waals surface area contributed by atoms with Gasteiger partial charge in [-0.05, 0) is 31.0 Å². The van der Waals surface area contributed by atoms with E-state index in [0.29, 0.717) is 11.4 Å². The minimum Gasteiger partial charge on any atom is -0.497 e. The normalized spacial score (nSPS) is 11.2. The maximum absolute atomic E-state index is 11.9. The number of rotatable bonds is 6. The zero-order valence-electron chi connectivity index (χ0n) is 11.1. The number of carbonyl (C=O) groups is 1. The maximum atomic E-state index is 11.9. The molecule has 0 aliphatic carbocycles. The number of nitrogen functional groups attached to an aromatic ring is 1. The molecule has 0 spiro atoms. The molecule has 20 heavy (non-hydrogen) atoms. The van der Waals surface area contributed by atoms with Crippen LogP contribution in [0.4, 0.5) is 18.9 Å². The smallest absolute Gasteiger partial charge is 0.389 e. The average molecular weight is 290 g/mol. The molecule has 0 aliphatic heterocycles. The number of unbranched alkanes of at least 4 members (excludes halogenated alkanes) is 1. The summed E-state index contributed by atoms with van der Waals surface area (Å²) >= 11 is 0. The standard InChI is InChI=1S/C13H17F3N2O2/c1-20-9-4-5-11(17)10(8-9)12(19)18-7-3-2-6-13(14,15)16/h4-5,8H,2-3,6-7,17H2,1H3,(H,18,19). The van der Waals surface area contributed by atoms with Crippen molar-refractivity contribution in [3.8, 4) is 5.75 Å². The lowest BCUT2D eigenvalue weighted by atomic mass is 10.1. The van der Waals surface area contributed by atoms with Gasteiger partial charge in [-0.1, -0.05) is 0 Å². The van der Waals surface area contributed by atoms with Crippen LogP contribution in [-0.2, 0) is 0 Å². The van der Waals surface area contributed by atoms with E-state index in [1.165, 1.54) is 19.2 Å². The largest absolute Gasteiger partial charge is 0.497 e. The molecule has 0 fully saturated rings. The molecule has 0 atom stereocenters. The van der Waals surface area contributed by atoms with E-state index in [-0.39, 0.29) is 24.9 Å². The van der Waals surface area contributed by atoms with E-state index in [4.69, 9.17) is 10.5 Å². The molecule has 112 valence electrons. The van der Waals surface area contributed by atoms with Crippen LogP contribution in [0.3, 0.4) is 0 Å². The first kappa shape index (κ1) is 16.1. The molecule has 4 nitrogen and oxygen atoms in total. The fourth-order valence-corrected chi connectivity index (χ4v) is 1.61. The number of amides is 1. The molecule has 0 saturated carbocycles. The van der Waals surface area contributed by atoms with Crippen molar-refractivity contribution in [2.24, 2.45) is 0 Å². The third kappa shape index (κ3) is 5.38. The summed E-state index contributed by atoms with van der Waals surface area (Å²) in [7, 11) is 1.46. The van der Waals surface area contributed by atoms with Gasteiger partial charge in [0.15, 0.2) is 0 Å². The van der Waals surface area contributed by atoms with Crippen molar-refractivity contribution >= 4 is 11.6 Å². The van der Waals surface area contributed by atoms with Crippen LogP contribution in [0.2, 0.25) is 0 Å². The summed E-state index contributed by atoms with van der Waals surface area (Å²) in [5.41, 5.74) is 6.21. The number of anilines is 1. The van der Waals surface area contributed by atoms with Crippen molar-refractivity contribution in [1.82, 2.24) is 5.32 Å². The van der Waals surface area contributed by atoms with Crippen molar-refractivity contribution in [2.75, 3.05) is 19.4 Å². The van der Waals surface area contributed by atoms with Gasteiger partial charge in [0.05, 0.1) is 12.7 Å². The van der Waals surface area contributed by atoms with E-state index >= 15 is 0 Å². The minimum atomic E-state index is -4.15. The number of benzene rings is 1. The molecule has 0 aliphatic rings. The Hall–Kier alpha value is -1.92. The Morgan fingerprint density at radius 3 is 2.65 bits per heavy atom. The summed E-state index contributed by atoms with van der Waals surface area (Å²) in [6.45, 7) is 0.172. The molecule has 0 heterocycles. The summed E-state index contributed by atoms with van der Waals surface area (Å²) in [6, 6.07) is 4.65. The minimum absolute atomic E-state index is 0.0165. The molecule has 0 bridgehead atoms. The van der Waals surface area contributed by atoms with Gasteiger partial charge in [-0.2, -0.15) is 13.2 Å². The molecule has 0 unspecified atom stereocenters. The first-order chi connectivity index (χ1) is 9.33. The van der Waals surface area contributed by atoms with E-state index in [1.807, 2.05) is 0 Å². The SMILES string of the molecule is COc1ccc(N)c(C(=O)NCCCCC(F)(F)F)c1. The van der Waals surface area contributed by atoms with Crippen LogP contribution in [0.15, 0.2) is 18.2 Å². The van der Waals surface area contributed by atoms with Crippen LogP contribution >= 0.6 is 0 Å². The molecular formula is C13H17F3N2O2. The van der Waals surface area contributed by atoms with Gasteiger partial charge in [0.25, 0.3) is 5.91 Å². The number of hydrogen-bond acceptors (Lipinski definition) is 3. The number of methoxy groups -OCH3 is 1. The predicted molar refractivity (Wildman–Crippen MR) is 69.6 cm³/mol. The molecule has 0 saturated heterocycles. The molecule has 1 amide bonds. The molecular weight excluding hydrogens is 273 g/mol. The van der Waals surface area contributed by atoms with Crippen molar-refractivity contribution in [1.29, 1.82) is 0 Å². The highest BCUT2D eigenvalue weighted by molar-refractivity contribution is 5.99. The third-order valence-electron chi connectivity index (χ3n) is 2.68. The van der Waals surface area contributed by atoms with Crippen LogP contribution in [0.1, 0.15) is 29.6 Å². The van der Waals surface area contributed by atoms with Crippen LogP contribution in [0.5, 0.6) is 5.75 Å². The van der Waals surface area contributed by atoms with Crippen molar-refractivity contribution in [3.05, 3.63) is 23.8 Å². The van der Waals surface area contributed by atoms with E-state index < -0.39 is 18.5 Å². The molecule has 1 aromatic rings. The number of nitrogens with one attached hydrogen (secondary N) is 1. The molecule has 3 N–H and O–H groups in total. The number of hydrogen-bond donors (Lipinski definition) is 2. The average Bonchev–Trinajstić information content (AvgIpc) is 2.37. The second kappa shape index (κ2) is 7.02. The van der Waals surface area contributed by atoms with Crippen LogP contribution in [0.25, 0.3) is 0 Å². The van der Waals surface area contributed by atoms with E-state index in [2.05, 4.69) is 5.32 Å². The predicted octanol–water partition coefficient (Wildman–Crippen LogP) is 2.74. The lowest BCUT2D eigenvalue weighted by Crippen LogP contribution is -2.25. The monoisotopic (exact) mass is 290 g/mol. The van der Waals surface area contributed by atoms with Gasteiger partial charge in [0.2, 0.25) is 0 Å². The van der Waals surface area contributed by atoms with Gasteiger partial charge in [-0.15, -0.1) is 0 Å². The van der Waals surface area contributed by atoms with Gasteiger partial charge in [0.1, 0.15) is 5.75 Å². The lowest BCUT2D eigenvalue weighted by Gasteiger charge is -2.09. The zero-order valence-corrected chi connectivity index (χ0v) is 11.1. The van der Waals surface area contributed by atoms with Gasteiger partial charge >= 0.3 is 6.18 Å². The Labute approximate surface area is 115 Å². The Kier molecular flexibility index (Phi) is 5.66. The maximum Gasteiger partial charge on any atom is 0.389 e. The number of nitrogens with two attached hydrogens (primary N) is 1. The highest BCUT2D eigenvalue weighted by Crippen LogP contribution is 2.22. The third-order valence-corrected chi connectivity index (χ3v) is 2.68. The van der Waals surface area contributed by atoms with Gasteiger partial charge in [-0.3, -0.25) is 4.79 Å². The fourth-order valence-electron chi connectivity index (χ4n) is 1.61. The highest BCUT2D eigenvalue weighted by Gasteiger charge is 2.25. The van der Waals surface area contributed by atoms with Crippen LogP contribution < -0.4 is 15.8 Å². The first-order valence-electron chi connectivity index (χ1n) is 6.12. The van der Waals surface area contributed by atoms with E-state index in [9.17, 15) is 18.0 Å². The molecule has 0 aromatic heterocycles. The van der Waals surface area contributed by atoms with Crippen molar-refractivity contribution in [3.63, 3.8) is 0 Å². The molecule has 0 radical (unpaired) electrons. The zero-order chi connectivity index (χ0) is 15.2. The molecule has 1 rings (SSSR count). The van der Waals surface area contributed by atoms with E-state index in [1.54, 1.807) is 6.07 Å². The fraction of sp³-hybridized carbons (Fsp3) is 0.462. The van der Waals surface area contributed by atoms with Gasteiger partial charge in [-0.25, -0.2) is 0 Å². The lowest BCUT2D eigenvalue weighted by molar-refractivity contribution is -0.135. The van der Waals surface area contributed by atoms with Crippen molar-refractivity contribution < 1.29 is 22.7 Å². The highest BCUT2D eigenvalue weighted by atomic mass is 19.4. The number of halogens is 3. The molecule has 7 heteroatoms.